The topological polar surface area (TPSA) is 85.2 Å². The molecule has 148 valence electrons. The number of thioether (sulfide) groups is 1. The van der Waals surface area contributed by atoms with Crippen molar-refractivity contribution in [1.82, 2.24) is 14.9 Å². The minimum absolute atomic E-state index is 0.0364. The average molecular weight is 425 g/mol. The molecule has 1 N–H and O–H groups in total. The van der Waals surface area contributed by atoms with Crippen molar-refractivity contribution < 1.29 is 4.79 Å². The van der Waals surface area contributed by atoms with Crippen LogP contribution in [0.3, 0.4) is 0 Å². The third-order valence-corrected chi connectivity index (χ3v) is 6.49. The molecule has 3 aromatic rings. The van der Waals surface area contributed by atoms with Crippen molar-refractivity contribution in [3.63, 3.8) is 0 Å². The molecule has 0 spiro atoms. The molecule has 4 rings (SSSR count). The van der Waals surface area contributed by atoms with Gasteiger partial charge in [-0.1, -0.05) is 12.1 Å². The standard InChI is InChI=1S/C20H20N6OS2/c21-6-12-28-17-4-2-1-3-16(17)24-18(27)13-25-7-9-26(10-8-25)19-15-5-11-29-20(15)23-14-22-19/h1-5,11,14H,7-10,12-13H2,(H,24,27). The molecule has 0 saturated carbocycles. The van der Waals surface area contributed by atoms with E-state index in [4.69, 9.17) is 5.26 Å². The Labute approximate surface area is 177 Å². The maximum atomic E-state index is 12.5. The minimum Gasteiger partial charge on any atom is -0.353 e. The zero-order valence-corrected chi connectivity index (χ0v) is 17.4. The van der Waals surface area contributed by atoms with Gasteiger partial charge < -0.3 is 10.2 Å². The van der Waals surface area contributed by atoms with E-state index in [0.717, 1.165) is 52.8 Å². The van der Waals surface area contributed by atoms with Crippen LogP contribution in [0.4, 0.5) is 11.5 Å². The summed E-state index contributed by atoms with van der Waals surface area (Å²) in [6.07, 6.45) is 1.62. The maximum Gasteiger partial charge on any atom is 0.238 e. The number of fused-ring (bicyclic) bond motifs is 1. The van der Waals surface area contributed by atoms with Crippen molar-refractivity contribution in [2.45, 2.75) is 4.90 Å². The van der Waals surface area contributed by atoms with Gasteiger partial charge in [0.05, 0.1) is 29.4 Å². The van der Waals surface area contributed by atoms with E-state index in [0.29, 0.717) is 12.3 Å². The number of para-hydroxylation sites is 1. The summed E-state index contributed by atoms with van der Waals surface area (Å²) in [6.45, 7) is 3.60. The van der Waals surface area contributed by atoms with Crippen LogP contribution in [0.15, 0.2) is 46.9 Å². The van der Waals surface area contributed by atoms with Crippen molar-refractivity contribution in [2.75, 3.05) is 48.7 Å². The van der Waals surface area contributed by atoms with Gasteiger partial charge in [-0.15, -0.1) is 23.1 Å². The van der Waals surface area contributed by atoms with Crippen LogP contribution in [0.1, 0.15) is 0 Å². The van der Waals surface area contributed by atoms with Crippen LogP contribution >= 0.6 is 23.1 Å². The van der Waals surface area contributed by atoms with E-state index in [-0.39, 0.29) is 5.91 Å². The summed E-state index contributed by atoms with van der Waals surface area (Å²) in [5, 5.41) is 14.9. The summed E-state index contributed by atoms with van der Waals surface area (Å²) in [6, 6.07) is 11.8. The van der Waals surface area contributed by atoms with Crippen molar-refractivity contribution in [2.24, 2.45) is 0 Å². The number of benzene rings is 1. The van der Waals surface area contributed by atoms with E-state index in [1.54, 1.807) is 17.7 Å². The molecule has 1 fully saturated rings. The molecule has 0 unspecified atom stereocenters. The third-order valence-electron chi connectivity index (χ3n) is 4.73. The van der Waals surface area contributed by atoms with Gasteiger partial charge in [0.1, 0.15) is 17.0 Å². The predicted octanol–water partition coefficient (Wildman–Crippen LogP) is 3.07. The van der Waals surface area contributed by atoms with Gasteiger partial charge in [-0.2, -0.15) is 5.26 Å². The molecule has 1 amide bonds. The molecular weight excluding hydrogens is 404 g/mol. The number of aromatic nitrogens is 2. The number of anilines is 2. The molecule has 0 aliphatic carbocycles. The number of hydrogen-bond donors (Lipinski definition) is 1. The number of nitrogens with zero attached hydrogens (tertiary/aromatic N) is 5. The number of hydrogen-bond acceptors (Lipinski definition) is 8. The summed E-state index contributed by atoms with van der Waals surface area (Å²) in [4.78, 5) is 27.7. The Morgan fingerprint density at radius 2 is 2.03 bits per heavy atom. The summed E-state index contributed by atoms with van der Waals surface area (Å²) < 4.78 is 0. The highest BCUT2D eigenvalue weighted by atomic mass is 32.2. The SMILES string of the molecule is N#CCSc1ccccc1NC(=O)CN1CCN(c2ncnc3sccc23)CC1. The minimum atomic E-state index is -0.0364. The summed E-state index contributed by atoms with van der Waals surface area (Å²) in [7, 11) is 0. The Morgan fingerprint density at radius 3 is 2.86 bits per heavy atom. The van der Waals surface area contributed by atoms with Crippen LogP contribution in [0, 0.1) is 11.3 Å². The summed E-state index contributed by atoms with van der Waals surface area (Å²) in [5.41, 5.74) is 0.761. The average Bonchev–Trinajstić information content (AvgIpc) is 3.23. The van der Waals surface area contributed by atoms with E-state index in [1.165, 1.54) is 11.8 Å². The largest absolute Gasteiger partial charge is 0.353 e. The van der Waals surface area contributed by atoms with Crippen molar-refractivity contribution >= 4 is 50.7 Å². The van der Waals surface area contributed by atoms with Crippen molar-refractivity contribution in [3.8, 4) is 6.07 Å². The van der Waals surface area contributed by atoms with Gasteiger partial charge in [0, 0.05) is 31.1 Å². The van der Waals surface area contributed by atoms with Crippen LogP contribution in [0.5, 0.6) is 0 Å². The van der Waals surface area contributed by atoms with E-state index in [2.05, 4.69) is 37.2 Å². The van der Waals surface area contributed by atoms with Crippen LogP contribution in [-0.4, -0.2) is 59.3 Å². The molecule has 1 saturated heterocycles. The molecule has 9 heteroatoms. The molecule has 0 atom stereocenters. The third kappa shape index (κ3) is 4.67. The van der Waals surface area contributed by atoms with Gasteiger partial charge in [0.2, 0.25) is 5.91 Å². The fourth-order valence-corrected chi connectivity index (χ4v) is 4.74. The smallest absolute Gasteiger partial charge is 0.238 e. The zero-order chi connectivity index (χ0) is 20.1. The summed E-state index contributed by atoms with van der Waals surface area (Å²) >= 11 is 3.05. The van der Waals surface area contributed by atoms with Gasteiger partial charge in [0.25, 0.3) is 0 Å². The normalized spacial score (nSPS) is 14.7. The van der Waals surface area contributed by atoms with Crippen LogP contribution in [0.25, 0.3) is 10.2 Å². The number of nitriles is 1. The molecule has 1 aliphatic heterocycles. The van der Waals surface area contributed by atoms with Gasteiger partial charge >= 0.3 is 0 Å². The lowest BCUT2D eigenvalue weighted by molar-refractivity contribution is -0.117. The first-order valence-corrected chi connectivity index (χ1v) is 11.2. The number of carbonyl (C=O) groups is 1. The van der Waals surface area contributed by atoms with Crippen LogP contribution in [0.2, 0.25) is 0 Å². The van der Waals surface area contributed by atoms with Crippen LogP contribution < -0.4 is 10.2 Å². The number of amides is 1. The zero-order valence-electron chi connectivity index (χ0n) is 15.7. The number of nitrogens with one attached hydrogen (secondary N) is 1. The van der Waals surface area contributed by atoms with Crippen LogP contribution in [-0.2, 0) is 4.79 Å². The molecule has 29 heavy (non-hydrogen) atoms. The first-order chi connectivity index (χ1) is 14.2. The van der Waals surface area contributed by atoms with E-state index in [9.17, 15) is 4.79 Å². The first kappa shape index (κ1) is 19.6. The van der Waals surface area contributed by atoms with Gasteiger partial charge in [0.15, 0.2) is 0 Å². The highest BCUT2D eigenvalue weighted by Gasteiger charge is 2.22. The number of rotatable bonds is 6. The lowest BCUT2D eigenvalue weighted by Gasteiger charge is -2.35. The molecule has 0 radical (unpaired) electrons. The Bertz CT molecular complexity index is 1040. The Balaban J connectivity index is 1.33. The Kier molecular flexibility index (Phi) is 6.24. The monoisotopic (exact) mass is 424 g/mol. The quantitative estimate of drug-likeness (QED) is 0.609. The summed E-state index contributed by atoms with van der Waals surface area (Å²) in [5.74, 6) is 1.30. The highest BCUT2D eigenvalue weighted by Crippen LogP contribution is 2.28. The van der Waals surface area contributed by atoms with Crippen molar-refractivity contribution in [1.29, 1.82) is 5.26 Å². The molecule has 1 aliphatic rings. The number of piperazine rings is 1. The van der Waals surface area contributed by atoms with Gasteiger partial charge in [-0.3, -0.25) is 9.69 Å². The Hall–Kier alpha value is -2.67. The second kappa shape index (κ2) is 9.22. The molecule has 0 bridgehead atoms. The number of thiophene rings is 1. The molecule has 7 nitrogen and oxygen atoms in total. The first-order valence-electron chi connectivity index (χ1n) is 9.29. The molecular formula is C20H20N6OS2. The lowest BCUT2D eigenvalue weighted by Crippen LogP contribution is -2.49. The Morgan fingerprint density at radius 1 is 1.21 bits per heavy atom. The van der Waals surface area contributed by atoms with E-state index < -0.39 is 0 Å². The van der Waals surface area contributed by atoms with E-state index in [1.807, 2.05) is 29.6 Å². The maximum absolute atomic E-state index is 12.5. The highest BCUT2D eigenvalue weighted by molar-refractivity contribution is 7.99. The fourth-order valence-electron chi connectivity index (χ4n) is 3.35. The second-order valence-electron chi connectivity index (χ2n) is 6.59. The van der Waals surface area contributed by atoms with Gasteiger partial charge in [-0.25, -0.2) is 9.97 Å². The predicted molar refractivity (Wildman–Crippen MR) is 117 cm³/mol. The second-order valence-corrected chi connectivity index (χ2v) is 8.50. The molecule has 2 aromatic heterocycles. The lowest BCUT2D eigenvalue weighted by atomic mass is 10.2. The molecule has 3 heterocycles. The molecule has 1 aromatic carbocycles. The number of carbonyl (C=O) groups excluding carboxylic acids is 1. The van der Waals surface area contributed by atoms with Gasteiger partial charge in [-0.05, 0) is 23.6 Å². The van der Waals surface area contributed by atoms with E-state index >= 15 is 0 Å². The van der Waals surface area contributed by atoms with Crippen molar-refractivity contribution in [3.05, 3.63) is 42.0 Å². The fraction of sp³-hybridized carbons (Fsp3) is 0.300.